The second-order valence-electron chi connectivity index (χ2n) is 10.5. The topological polar surface area (TPSA) is 52.8 Å². The zero-order valence-corrected chi connectivity index (χ0v) is 20.0. The Labute approximate surface area is 192 Å². The smallest absolute Gasteiger partial charge is 0.128 e. The lowest BCUT2D eigenvalue weighted by molar-refractivity contribution is 0.148. The maximum atomic E-state index is 11.2. The maximum absolute atomic E-state index is 11.2. The van der Waals surface area contributed by atoms with E-state index in [2.05, 4.69) is 47.6 Å². The van der Waals surface area contributed by atoms with E-state index in [0.717, 1.165) is 22.3 Å². The highest BCUT2D eigenvalue weighted by atomic mass is 16.3. The number of aliphatic hydroxyl groups is 1. The number of rotatable bonds is 5. The van der Waals surface area contributed by atoms with E-state index in [1.807, 2.05) is 66.7 Å². The lowest BCUT2D eigenvalue weighted by atomic mass is 9.79. The molecule has 0 unspecified atom stereocenters. The average Bonchev–Trinajstić information content (AvgIpc) is 2.74. The Hall–Kier alpha value is -2.91. The zero-order valence-electron chi connectivity index (χ0n) is 20.0. The van der Waals surface area contributed by atoms with Gasteiger partial charge in [0.05, 0.1) is 0 Å². The molecule has 0 saturated heterocycles. The molecule has 3 rings (SSSR count). The highest BCUT2D eigenvalue weighted by Crippen LogP contribution is 2.38. The van der Waals surface area contributed by atoms with E-state index in [9.17, 15) is 10.2 Å². The van der Waals surface area contributed by atoms with Gasteiger partial charge in [0, 0.05) is 17.3 Å². The molecule has 0 bridgehead atoms. The minimum atomic E-state index is -0.801. The van der Waals surface area contributed by atoms with Crippen LogP contribution in [-0.4, -0.2) is 16.4 Å². The standard InChI is InChI=1S/C29H35NO2/c1-28(2,3)23-17-22(26(31)24(18-23)29(4,5)6)19-30-25(20-13-9-7-10-14-20)27(32)21-15-11-8-12-16-21/h7-19,25,27,31-32H,1-6H3/t25-,27+/m1/s1. The summed E-state index contributed by atoms with van der Waals surface area (Å²) in [6.07, 6.45) is 0.911. The lowest BCUT2D eigenvalue weighted by Gasteiger charge is -2.27. The molecular formula is C29H35NO2. The number of phenols is 1. The van der Waals surface area contributed by atoms with E-state index >= 15 is 0 Å². The van der Waals surface area contributed by atoms with Gasteiger partial charge >= 0.3 is 0 Å². The van der Waals surface area contributed by atoms with E-state index < -0.39 is 12.1 Å². The Morgan fingerprint density at radius 1 is 0.750 bits per heavy atom. The molecule has 0 heterocycles. The molecule has 0 aliphatic carbocycles. The largest absolute Gasteiger partial charge is 0.507 e. The van der Waals surface area contributed by atoms with E-state index in [1.165, 1.54) is 0 Å². The summed E-state index contributed by atoms with van der Waals surface area (Å²) in [7, 11) is 0. The van der Waals surface area contributed by atoms with Crippen LogP contribution in [0.3, 0.4) is 0 Å². The number of aromatic hydroxyl groups is 1. The number of nitrogens with zero attached hydrogens (tertiary/aromatic N) is 1. The molecule has 3 aromatic carbocycles. The van der Waals surface area contributed by atoms with Crippen molar-refractivity contribution < 1.29 is 10.2 Å². The average molecular weight is 430 g/mol. The van der Waals surface area contributed by atoms with Crippen molar-refractivity contribution in [3.8, 4) is 5.75 Å². The van der Waals surface area contributed by atoms with Crippen LogP contribution in [0, 0.1) is 0 Å². The Balaban J connectivity index is 2.10. The summed E-state index contributed by atoms with van der Waals surface area (Å²) in [4.78, 5) is 4.81. The van der Waals surface area contributed by atoms with Crippen LogP contribution in [0.15, 0.2) is 77.8 Å². The number of benzene rings is 3. The summed E-state index contributed by atoms with van der Waals surface area (Å²) < 4.78 is 0. The van der Waals surface area contributed by atoms with Gasteiger partial charge in [0.1, 0.15) is 17.9 Å². The highest BCUT2D eigenvalue weighted by molar-refractivity contribution is 5.85. The van der Waals surface area contributed by atoms with Gasteiger partial charge < -0.3 is 10.2 Å². The number of phenolic OH excluding ortho intramolecular Hbond substituents is 1. The molecule has 0 aliphatic heterocycles. The van der Waals surface area contributed by atoms with Crippen LogP contribution in [0.2, 0.25) is 0 Å². The van der Waals surface area contributed by atoms with Crippen molar-refractivity contribution in [2.45, 2.75) is 64.5 Å². The SMILES string of the molecule is CC(C)(C)c1cc(C=N[C@H](c2ccccc2)[C@@H](O)c2ccccc2)c(O)c(C(C)(C)C)c1. The fourth-order valence-electron chi connectivity index (χ4n) is 3.75. The first-order valence-corrected chi connectivity index (χ1v) is 11.2. The third-order valence-corrected chi connectivity index (χ3v) is 5.77. The number of hydrogen-bond donors (Lipinski definition) is 2. The van der Waals surface area contributed by atoms with Crippen molar-refractivity contribution in [3.63, 3.8) is 0 Å². The van der Waals surface area contributed by atoms with Crippen molar-refractivity contribution >= 4 is 6.21 Å². The molecule has 0 aliphatic rings. The van der Waals surface area contributed by atoms with Crippen molar-refractivity contribution in [1.29, 1.82) is 0 Å². The molecule has 0 aromatic heterocycles. The number of hydrogen-bond acceptors (Lipinski definition) is 3. The van der Waals surface area contributed by atoms with Crippen molar-refractivity contribution in [2.75, 3.05) is 0 Å². The monoisotopic (exact) mass is 429 g/mol. The fraction of sp³-hybridized carbons (Fsp3) is 0.345. The first-order chi connectivity index (χ1) is 15.0. The predicted octanol–water partition coefficient (Wildman–Crippen LogP) is 6.88. The Kier molecular flexibility index (Phi) is 6.90. The minimum Gasteiger partial charge on any atom is -0.507 e. The molecule has 0 radical (unpaired) electrons. The Morgan fingerprint density at radius 3 is 1.78 bits per heavy atom. The Bertz CT molecular complexity index is 1060. The van der Waals surface area contributed by atoms with Crippen molar-refractivity contribution in [1.82, 2.24) is 0 Å². The zero-order chi connectivity index (χ0) is 23.5. The summed E-state index contributed by atoms with van der Waals surface area (Å²) in [5, 5.41) is 22.3. The van der Waals surface area contributed by atoms with Crippen LogP contribution >= 0.6 is 0 Å². The van der Waals surface area contributed by atoms with Crippen LogP contribution in [0.5, 0.6) is 5.75 Å². The number of aliphatic imine (C=N–C) groups is 1. The van der Waals surface area contributed by atoms with Crippen molar-refractivity contribution in [2.24, 2.45) is 4.99 Å². The molecule has 2 atom stereocenters. The van der Waals surface area contributed by atoms with E-state index in [1.54, 1.807) is 6.21 Å². The lowest BCUT2D eigenvalue weighted by Crippen LogP contribution is -2.17. The quantitative estimate of drug-likeness (QED) is 0.434. The van der Waals surface area contributed by atoms with Gasteiger partial charge in [-0.15, -0.1) is 0 Å². The summed E-state index contributed by atoms with van der Waals surface area (Å²) in [6.45, 7) is 12.8. The van der Waals surface area contributed by atoms with Gasteiger partial charge in [-0.1, -0.05) is 108 Å². The first-order valence-electron chi connectivity index (χ1n) is 11.2. The molecule has 32 heavy (non-hydrogen) atoms. The molecule has 0 fully saturated rings. The third kappa shape index (κ3) is 5.46. The fourth-order valence-corrected chi connectivity index (χ4v) is 3.75. The summed E-state index contributed by atoms with van der Waals surface area (Å²) in [5.74, 6) is 0.246. The summed E-state index contributed by atoms with van der Waals surface area (Å²) >= 11 is 0. The predicted molar refractivity (Wildman–Crippen MR) is 134 cm³/mol. The van der Waals surface area contributed by atoms with Crippen LogP contribution in [-0.2, 0) is 10.8 Å². The molecule has 3 aromatic rings. The van der Waals surface area contributed by atoms with Gasteiger partial charge in [0.2, 0.25) is 0 Å². The Morgan fingerprint density at radius 2 is 1.28 bits per heavy atom. The van der Waals surface area contributed by atoms with Crippen LogP contribution < -0.4 is 0 Å². The van der Waals surface area contributed by atoms with E-state index in [-0.39, 0.29) is 16.6 Å². The molecule has 2 N–H and O–H groups in total. The normalized spacial score (nSPS) is 14.5. The summed E-state index contributed by atoms with van der Waals surface area (Å²) in [5.41, 5.74) is 4.15. The van der Waals surface area contributed by atoms with Crippen LogP contribution in [0.25, 0.3) is 0 Å². The van der Waals surface area contributed by atoms with Gasteiger partial charge in [-0.05, 0) is 33.6 Å². The summed E-state index contributed by atoms with van der Waals surface area (Å²) in [6, 6.07) is 23.0. The molecule has 0 saturated carbocycles. The second kappa shape index (κ2) is 9.30. The highest BCUT2D eigenvalue weighted by Gasteiger charge is 2.25. The minimum absolute atomic E-state index is 0.0708. The van der Waals surface area contributed by atoms with Gasteiger partial charge in [-0.3, -0.25) is 4.99 Å². The van der Waals surface area contributed by atoms with Gasteiger partial charge in [-0.2, -0.15) is 0 Å². The molecule has 0 amide bonds. The van der Waals surface area contributed by atoms with Crippen LogP contribution in [0.1, 0.15) is 81.5 Å². The van der Waals surface area contributed by atoms with Gasteiger partial charge in [0.15, 0.2) is 0 Å². The second-order valence-corrected chi connectivity index (χ2v) is 10.5. The molecule has 3 heteroatoms. The third-order valence-electron chi connectivity index (χ3n) is 5.77. The molecular weight excluding hydrogens is 394 g/mol. The first kappa shape index (κ1) is 23.7. The van der Waals surface area contributed by atoms with Crippen molar-refractivity contribution in [3.05, 3.63) is 101 Å². The van der Waals surface area contributed by atoms with Crippen LogP contribution in [0.4, 0.5) is 0 Å². The van der Waals surface area contributed by atoms with E-state index in [0.29, 0.717) is 5.56 Å². The van der Waals surface area contributed by atoms with Gasteiger partial charge in [-0.25, -0.2) is 0 Å². The van der Waals surface area contributed by atoms with E-state index in [4.69, 9.17) is 4.99 Å². The van der Waals surface area contributed by atoms with Gasteiger partial charge in [0.25, 0.3) is 0 Å². The molecule has 3 nitrogen and oxygen atoms in total. The maximum Gasteiger partial charge on any atom is 0.128 e. The molecule has 0 spiro atoms. The molecule has 168 valence electrons. The number of aliphatic hydroxyl groups excluding tert-OH is 1.